The highest BCUT2D eigenvalue weighted by Gasteiger charge is 2.13. The molecule has 0 atom stereocenters. The molecule has 0 aliphatic carbocycles. The molecule has 1 N–H and O–H groups in total. The van der Waals surface area contributed by atoms with Crippen LogP contribution in [0, 0.1) is 0 Å². The highest BCUT2D eigenvalue weighted by Crippen LogP contribution is 2.34. The summed E-state index contributed by atoms with van der Waals surface area (Å²) in [6, 6.07) is 7.84. The standard InChI is InChI=1S/C14H11BrClN3S/c1-2-17-13-9-7-8(15)3-4-11(9)18-14(19-13)12-10(16)5-6-20-12/h3-7H,2H2,1H3,(H,17,18,19). The van der Waals surface area contributed by atoms with E-state index in [-0.39, 0.29) is 0 Å². The average molecular weight is 369 g/mol. The van der Waals surface area contributed by atoms with Gasteiger partial charge in [0.05, 0.1) is 15.4 Å². The van der Waals surface area contributed by atoms with Gasteiger partial charge in [0.25, 0.3) is 0 Å². The van der Waals surface area contributed by atoms with Crippen molar-refractivity contribution in [3.8, 4) is 10.7 Å². The molecule has 20 heavy (non-hydrogen) atoms. The second-order valence-corrected chi connectivity index (χ2v) is 6.42. The highest BCUT2D eigenvalue weighted by molar-refractivity contribution is 9.10. The summed E-state index contributed by atoms with van der Waals surface area (Å²) >= 11 is 11.2. The van der Waals surface area contributed by atoms with Crippen LogP contribution in [0.1, 0.15) is 6.92 Å². The first-order valence-electron chi connectivity index (χ1n) is 6.13. The third kappa shape index (κ3) is 2.53. The van der Waals surface area contributed by atoms with Crippen molar-refractivity contribution in [3.05, 3.63) is 39.1 Å². The van der Waals surface area contributed by atoms with Crippen molar-refractivity contribution in [2.24, 2.45) is 0 Å². The molecule has 0 fully saturated rings. The fourth-order valence-electron chi connectivity index (χ4n) is 1.96. The van der Waals surface area contributed by atoms with E-state index in [0.717, 1.165) is 32.6 Å². The molecule has 0 saturated heterocycles. The first-order valence-corrected chi connectivity index (χ1v) is 8.18. The van der Waals surface area contributed by atoms with Gasteiger partial charge in [-0.3, -0.25) is 0 Å². The smallest absolute Gasteiger partial charge is 0.173 e. The lowest BCUT2D eigenvalue weighted by Gasteiger charge is -2.09. The van der Waals surface area contributed by atoms with E-state index < -0.39 is 0 Å². The first-order chi connectivity index (χ1) is 9.69. The van der Waals surface area contributed by atoms with Crippen molar-refractivity contribution < 1.29 is 0 Å². The van der Waals surface area contributed by atoms with Crippen molar-refractivity contribution in [2.75, 3.05) is 11.9 Å². The summed E-state index contributed by atoms with van der Waals surface area (Å²) < 4.78 is 1.01. The first kappa shape index (κ1) is 13.8. The van der Waals surface area contributed by atoms with Crippen LogP contribution in [0.4, 0.5) is 5.82 Å². The predicted molar refractivity (Wildman–Crippen MR) is 89.7 cm³/mol. The van der Waals surface area contributed by atoms with Gasteiger partial charge in [0.2, 0.25) is 0 Å². The number of nitrogens with one attached hydrogen (secondary N) is 1. The molecule has 2 aromatic heterocycles. The number of fused-ring (bicyclic) bond motifs is 1. The zero-order valence-corrected chi connectivity index (χ0v) is 13.8. The molecule has 0 bridgehead atoms. The molecule has 0 radical (unpaired) electrons. The van der Waals surface area contributed by atoms with Crippen molar-refractivity contribution in [3.63, 3.8) is 0 Å². The van der Waals surface area contributed by atoms with Crippen LogP contribution in [0.3, 0.4) is 0 Å². The minimum atomic E-state index is 0.663. The SMILES string of the molecule is CCNc1nc(-c2sccc2Cl)nc2ccc(Br)cc12. The van der Waals surface area contributed by atoms with E-state index in [1.54, 1.807) is 11.3 Å². The highest BCUT2D eigenvalue weighted by atomic mass is 79.9. The Morgan fingerprint density at radius 1 is 1.30 bits per heavy atom. The second kappa shape index (κ2) is 5.68. The van der Waals surface area contributed by atoms with E-state index in [2.05, 4.69) is 31.2 Å². The summed E-state index contributed by atoms with van der Waals surface area (Å²) in [4.78, 5) is 10.1. The summed E-state index contributed by atoms with van der Waals surface area (Å²) in [5.41, 5.74) is 0.901. The van der Waals surface area contributed by atoms with Crippen LogP contribution in [-0.2, 0) is 0 Å². The predicted octanol–water partition coefficient (Wildman–Crippen LogP) is 5.21. The van der Waals surface area contributed by atoms with Crippen LogP contribution < -0.4 is 5.32 Å². The Kier molecular flexibility index (Phi) is 3.92. The molecule has 0 spiro atoms. The van der Waals surface area contributed by atoms with Gasteiger partial charge < -0.3 is 5.32 Å². The largest absolute Gasteiger partial charge is 0.370 e. The minimum Gasteiger partial charge on any atom is -0.370 e. The maximum atomic E-state index is 6.18. The molecular weight excluding hydrogens is 358 g/mol. The molecule has 0 unspecified atom stereocenters. The number of benzene rings is 1. The Morgan fingerprint density at radius 2 is 2.15 bits per heavy atom. The van der Waals surface area contributed by atoms with Crippen LogP contribution in [0.15, 0.2) is 34.1 Å². The second-order valence-electron chi connectivity index (χ2n) is 4.19. The number of rotatable bonds is 3. The maximum Gasteiger partial charge on any atom is 0.173 e. The van der Waals surface area contributed by atoms with E-state index in [0.29, 0.717) is 10.8 Å². The van der Waals surface area contributed by atoms with Gasteiger partial charge in [-0.2, -0.15) is 0 Å². The topological polar surface area (TPSA) is 37.8 Å². The Morgan fingerprint density at radius 3 is 2.85 bits per heavy atom. The van der Waals surface area contributed by atoms with Gasteiger partial charge in [0.15, 0.2) is 5.82 Å². The monoisotopic (exact) mass is 367 g/mol. The summed E-state index contributed by atoms with van der Waals surface area (Å²) in [7, 11) is 0. The number of anilines is 1. The molecule has 1 aromatic carbocycles. The number of hydrogen-bond donors (Lipinski definition) is 1. The van der Waals surface area contributed by atoms with Crippen LogP contribution in [0.5, 0.6) is 0 Å². The van der Waals surface area contributed by atoms with Crippen molar-refractivity contribution in [1.82, 2.24) is 9.97 Å². The summed E-state index contributed by atoms with van der Waals surface area (Å²) in [5.74, 6) is 1.49. The van der Waals surface area contributed by atoms with E-state index in [1.165, 1.54) is 0 Å². The van der Waals surface area contributed by atoms with Crippen molar-refractivity contribution in [1.29, 1.82) is 0 Å². The quantitative estimate of drug-likeness (QED) is 0.690. The Labute approximate surface area is 134 Å². The van der Waals surface area contributed by atoms with E-state index >= 15 is 0 Å². The number of nitrogens with zero attached hydrogens (tertiary/aromatic N) is 2. The van der Waals surface area contributed by atoms with Gasteiger partial charge in [0.1, 0.15) is 5.82 Å². The molecule has 0 aliphatic heterocycles. The molecule has 3 aromatic rings. The summed E-state index contributed by atoms with van der Waals surface area (Å²) in [6.07, 6.45) is 0. The molecular formula is C14H11BrClN3S. The van der Waals surface area contributed by atoms with E-state index in [9.17, 15) is 0 Å². The maximum absolute atomic E-state index is 6.18. The third-order valence-corrected chi connectivity index (χ3v) is 4.65. The number of aromatic nitrogens is 2. The average Bonchev–Trinajstić information content (AvgIpc) is 2.85. The van der Waals surface area contributed by atoms with Gasteiger partial charge in [-0.25, -0.2) is 9.97 Å². The fraction of sp³-hybridized carbons (Fsp3) is 0.143. The molecule has 0 saturated carbocycles. The van der Waals surface area contributed by atoms with Gasteiger partial charge in [-0.1, -0.05) is 27.5 Å². The number of halogens is 2. The lowest BCUT2D eigenvalue weighted by molar-refractivity contribution is 1.15. The van der Waals surface area contributed by atoms with Crippen LogP contribution in [0.25, 0.3) is 21.6 Å². The lowest BCUT2D eigenvalue weighted by atomic mass is 10.2. The zero-order valence-electron chi connectivity index (χ0n) is 10.7. The van der Waals surface area contributed by atoms with Crippen LogP contribution in [0.2, 0.25) is 5.02 Å². The Balaban J connectivity index is 2.25. The molecule has 3 nitrogen and oxygen atoms in total. The molecule has 2 heterocycles. The molecule has 0 amide bonds. The zero-order chi connectivity index (χ0) is 14.1. The molecule has 0 aliphatic rings. The lowest BCUT2D eigenvalue weighted by Crippen LogP contribution is -2.02. The van der Waals surface area contributed by atoms with Gasteiger partial charge in [-0.15, -0.1) is 11.3 Å². The van der Waals surface area contributed by atoms with Crippen molar-refractivity contribution in [2.45, 2.75) is 6.92 Å². The van der Waals surface area contributed by atoms with Crippen molar-refractivity contribution >= 4 is 55.6 Å². The third-order valence-electron chi connectivity index (χ3n) is 2.82. The molecule has 3 rings (SSSR count). The van der Waals surface area contributed by atoms with E-state index in [4.69, 9.17) is 11.6 Å². The van der Waals surface area contributed by atoms with Crippen LogP contribution >= 0.6 is 38.9 Å². The Hall–Kier alpha value is -1.17. The van der Waals surface area contributed by atoms with Gasteiger partial charge in [-0.05, 0) is 36.6 Å². The summed E-state index contributed by atoms with van der Waals surface area (Å²) in [5, 5.41) is 6.92. The van der Waals surface area contributed by atoms with Crippen LogP contribution in [-0.4, -0.2) is 16.5 Å². The Bertz CT molecular complexity index is 772. The molecule has 6 heteroatoms. The minimum absolute atomic E-state index is 0.663. The molecule has 102 valence electrons. The fourth-order valence-corrected chi connectivity index (χ4v) is 3.39. The number of hydrogen-bond acceptors (Lipinski definition) is 4. The van der Waals surface area contributed by atoms with E-state index in [1.807, 2.05) is 36.6 Å². The number of thiophene rings is 1. The normalized spacial score (nSPS) is 10.9. The van der Waals surface area contributed by atoms with Gasteiger partial charge in [0, 0.05) is 16.4 Å². The summed E-state index contributed by atoms with van der Waals surface area (Å²) in [6.45, 7) is 2.85. The van der Waals surface area contributed by atoms with Gasteiger partial charge >= 0.3 is 0 Å².